The third-order valence-electron chi connectivity index (χ3n) is 1.20. The first-order valence-corrected chi connectivity index (χ1v) is 5.28. The van der Waals surface area contributed by atoms with Crippen molar-refractivity contribution in [1.82, 2.24) is 0 Å². The molecule has 0 aromatic carbocycles. The quantitative estimate of drug-likeness (QED) is 0.537. The molecule has 0 bridgehead atoms. The van der Waals surface area contributed by atoms with Gasteiger partial charge in [0, 0.05) is 0 Å². The molecule has 0 heterocycles. The normalized spacial score (nSPS) is 12.3. The second kappa shape index (κ2) is 8.10. The molecular weight excluding hydrogens is 156 g/mol. The fraction of sp³-hybridized carbons (Fsp3) is 0.692. The van der Waals surface area contributed by atoms with E-state index in [1.807, 2.05) is 13.8 Å². The van der Waals surface area contributed by atoms with Gasteiger partial charge in [-0.25, -0.2) is 0 Å². The highest BCUT2D eigenvalue weighted by Crippen LogP contribution is 2.14. The van der Waals surface area contributed by atoms with Gasteiger partial charge in [0.15, 0.2) is 0 Å². The Hall–Kier alpha value is -0.520. The van der Waals surface area contributed by atoms with E-state index in [2.05, 4.69) is 58.9 Å². The maximum Gasteiger partial charge on any atom is -0.0200 e. The van der Waals surface area contributed by atoms with E-state index in [0.29, 0.717) is 11.3 Å². The van der Waals surface area contributed by atoms with Gasteiger partial charge in [-0.05, 0) is 11.3 Å². The molecule has 0 aliphatic heterocycles. The summed E-state index contributed by atoms with van der Waals surface area (Å²) in [4.78, 5) is 0. The molecule has 0 saturated carbocycles. The lowest BCUT2D eigenvalue weighted by Gasteiger charge is -2.09. The maximum atomic E-state index is 2.21. The predicted molar refractivity (Wildman–Crippen MR) is 63.9 cm³/mol. The van der Waals surface area contributed by atoms with E-state index in [1.165, 1.54) is 0 Å². The molecule has 78 valence electrons. The van der Waals surface area contributed by atoms with Crippen LogP contribution in [0.5, 0.6) is 0 Å². The fourth-order valence-corrected chi connectivity index (χ4v) is 0.631. The van der Waals surface area contributed by atoms with E-state index in [0.717, 1.165) is 0 Å². The van der Waals surface area contributed by atoms with Crippen molar-refractivity contribution in [3.63, 3.8) is 0 Å². The monoisotopic (exact) mass is 182 g/mol. The first kappa shape index (κ1) is 15.0. The lowest BCUT2D eigenvalue weighted by atomic mass is 9.96. The van der Waals surface area contributed by atoms with Crippen LogP contribution in [0.1, 0.15) is 48.5 Å². The van der Waals surface area contributed by atoms with Gasteiger partial charge < -0.3 is 0 Å². The smallest absolute Gasteiger partial charge is 0.0200 e. The molecule has 0 aliphatic carbocycles. The SMILES string of the molecule is CC.CC(C)C=CC=CC(C)(C)C. The van der Waals surface area contributed by atoms with E-state index in [-0.39, 0.29) is 0 Å². The van der Waals surface area contributed by atoms with Crippen LogP contribution in [0.15, 0.2) is 24.3 Å². The van der Waals surface area contributed by atoms with Gasteiger partial charge in [0.05, 0.1) is 0 Å². The molecule has 0 fully saturated rings. The lowest BCUT2D eigenvalue weighted by molar-refractivity contribution is 0.544. The van der Waals surface area contributed by atoms with Gasteiger partial charge >= 0.3 is 0 Å². The zero-order valence-corrected chi connectivity index (χ0v) is 10.4. The summed E-state index contributed by atoms with van der Waals surface area (Å²) >= 11 is 0. The van der Waals surface area contributed by atoms with Crippen LogP contribution < -0.4 is 0 Å². The summed E-state index contributed by atoms with van der Waals surface area (Å²) < 4.78 is 0. The van der Waals surface area contributed by atoms with Gasteiger partial charge in [-0.15, -0.1) is 0 Å². The summed E-state index contributed by atoms with van der Waals surface area (Å²) in [6, 6.07) is 0. The van der Waals surface area contributed by atoms with Crippen molar-refractivity contribution in [2.45, 2.75) is 48.5 Å². The molecule has 0 aromatic rings. The Morgan fingerprint density at radius 3 is 1.69 bits per heavy atom. The van der Waals surface area contributed by atoms with Gasteiger partial charge in [0.1, 0.15) is 0 Å². The van der Waals surface area contributed by atoms with Crippen molar-refractivity contribution in [3.05, 3.63) is 24.3 Å². The second-order valence-corrected chi connectivity index (χ2v) is 4.35. The largest absolute Gasteiger partial charge is 0.0820 e. The number of rotatable bonds is 2. The highest BCUT2D eigenvalue weighted by atomic mass is 14.1. The lowest BCUT2D eigenvalue weighted by Crippen LogP contribution is -1.97. The van der Waals surface area contributed by atoms with Crippen LogP contribution in [0, 0.1) is 11.3 Å². The molecule has 13 heavy (non-hydrogen) atoms. The van der Waals surface area contributed by atoms with Crippen molar-refractivity contribution in [1.29, 1.82) is 0 Å². The Labute approximate surface area is 84.7 Å². The van der Waals surface area contributed by atoms with Crippen molar-refractivity contribution >= 4 is 0 Å². The maximum absolute atomic E-state index is 2.21. The zero-order chi connectivity index (χ0) is 10.9. The molecule has 0 nitrogen and oxygen atoms in total. The minimum absolute atomic E-state index is 0.307. The first-order chi connectivity index (χ1) is 5.92. The third kappa shape index (κ3) is 18.4. The molecule has 0 heteroatoms. The number of allylic oxidation sites excluding steroid dienone is 4. The van der Waals surface area contributed by atoms with Crippen LogP contribution in [0.25, 0.3) is 0 Å². The van der Waals surface area contributed by atoms with Crippen LogP contribution in [-0.4, -0.2) is 0 Å². The van der Waals surface area contributed by atoms with Crippen molar-refractivity contribution in [2.75, 3.05) is 0 Å². The standard InChI is InChI=1S/C11H20.C2H6/c1-10(2)8-6-7-9-11(3,4)5;1-2/h6-10H,1-5H3;1-2H3. The Bertz CT molecular complexity index is 142. The van der Waals surface area contributed by atoms with Crippen LogP contribution in [0.2, 0.25) is 0 Å². The first-order valence-electron chi connectivity index (χ1n) is 5.28. The van der Waals surface area contributed by atoms with E-state index in [1.54, 1.807) is 0 Å². The summed E-state index contributed by atoms with van der Waals surface area (Å²) in [5.74, 6) is 0.652. The molecule has 0 rings (SSSR count). The number of hydrogen-bond donors (Lipinski definition) is 0. The minimum atomic E-state index is 0.307. The van der Waals surface area contributed by atoms with Crippen molar-refractivity contribution in [2.24, 2.45) is 11.3 Å². The molecule has 0 saturated heterocycles. The van der Waals surface area contributed by atoms with Gasteiger partial charge in [-0.1, -0.05) is 72.8 Å². The Morgan fingerprint density at radius 2 is 1.38 bits per heavy atom. The molecule has 0 aliphatic rings. The molecule has 0 unspecified atom stereocenters. The van der Waals surface area contributed by atoms with Gasteiger partial charge in [-0.2, -0.15) is 0 Å². The molecule has 0 N–H and O–H groups in total. The Morgan fingerprint density at radius 1 is 0.923 bits per heavy atom. The predicted octanol–water partition coefficient (Wildman–Crippen LogP) is 4.83. The topological polar surface area (TPSA) is 0 Å². The van der Waals surface area contributed by atoms with Gasteiger partial charge in [0.25, 0.3) is 0 Å². The highest BCUT2D eigenvalue weighted by molar-refractivity contribution is 5.06. The number of hydrogen-bond acceptors (Lipinski definition) is 0. The molecule has 0 aromatic heterocycles. The van der Waals surface area contributed by atoms with E-state index < -0.39 is 0 Å². The molecule has 0 radical (unpaired) electrons. The van der Waals surface area contributed by atoms with Gasteiger partial charge in [-0.3, -0.25) is 0 Å². The molecule has 0 atom stereocenters. The average molecular weight is 182 g/mol. The highest BCUT2D eigenvalue weighted by Gasteiger charge is 2.01. The minimum Gasteiger partial charge on any atom is -0.0820 e. The van der Waals surface area contributed by atoms with Crippen molar-refractivity contribution in [3.8, 4) is 0 Å². The van der Waals surface area contributed by atoms with Gasteiger partial charge in [0.2, 0.25) is 0 Å². The van der Waals surface area contributed by atoms with E-state index >= 15 is 0 Å². The molecular formula is C13H26. The van der Waals surface area contributed by atoms with E-state index in [9.17, 15) is 0 Å². The summed E-state index contributed by atoms with van der Waals surface area (Å²) in [6.07, 6.45) is 8.66. The summed E-state index contributed by atoms with van der Waals surface area (Å²) in [5.41, 5.74) is 0.307. The third-order valence-corrected chi connectivity index (χ3v) is 1.20. The molecule has 0 spiro atoms. The van der Waals surface area contributed by atoms with Crippen LogP contribution in [0.3, 0.4) is 0 Å². The average Bonchev–Trinajstić information content (AvgIpc) is 2.00. The fourth-order valence-electron chi connectivity index (χ4n) is 0.631. The summed E-state index contributed by atoms with van der Waals surface area (Å²) in [6.45, 7) is 15.0. The second-order valence-electron chi connectivity index (χ2n) is 4.35. The van der Waals surface area contributed by atoms with Crippen LogP contribution >= 0.6 is 0 Å². The summed E-state index contributed by atoms with van der Waals surface area (Å²) in [5, 5.41) is 0. The summed E-state index contributed by atoms with van der Waals surface area (Å²) in [7, 11) is 0. The van der Waals surface area contributed by atoms with Crippen LogP contribution in [-0.2, 0) is 0 Å². The Balaban J connectivity index is 0. The van der Waals surface area contributed by atoms with Crippen molar-refractivity contribution < 1.29 is 0 Å². The Kier molecular flexibility index (Phi) is 9.33. The molecule has 0 amide bonds. The van der Waals surface area contributed by atoms with Crippen LogP contribution in [0.4, 0.5) is 0 Å². The van der Waals surface area contributed by atoms with E-state index in [4.69, 9.17) is 0 Å². The zero-order valence-electron chi connectivity index (χ0n) is 10.4.